The van der Waals surface area contributed by atoms with Gasteiger partial charge in [-0.25, -0.2) is 9.78 Å². The summed E-state index contributed by atoms with van der Waals surface area (Å²) in [5.74, 6) is -8.27. The Labute approximate surface area is 265 Å². The number of carboxylic acid groups (broad SMARTS) is 1. The molecular formula is C25H24N8O11S2. The molecular weight excluding hydrogens is 652 g/mol. The van der Waals surface area contributed by atoms with Crippen LogP contribution in [0.4, 0.5) is 5.13 Å². The Kier molecular flexibility index (Phi) is 8.92. The van der Waals surface area contributed by atoms with E-state index >= 15 is 0 Å². The number of phenolic OH excluding ortho intramolecular Hbond substituents is 2. The minimum Gasteiger partial charge on any atom is -0.504 e. The number of hydrogen-bond acceptors (Lipinski definition) is 15. The number of anilines is 1. The zero-order chi connectivity index (χ0) is 34.1. The maximum atomic E-state index is 13.5. The maximum absolute atomic E-state index is 13.5. The lowest BCUT2D eigenvalue weighted by atomic mass is 9.87. The summed E-state index contributed by atoms with van der Waals surface area (Å²) in [6.45, 7) is 2.43. The van der Waals surface area contributed by atoms with Gasteiger partial charge in [0.05, 0.1) is 5.57 Å². The molecule has 10 N–H and O–H groups in total. The van der Waals surface area contributed by atoms with Crippen LogP contribution in [0, 0.1) is 0 Å². The zero-order valence-electron chi connectivity index (χ0n) is 23.6. The van der Waals surface area contributed by atoms with Crippen LogP contribution < -0.4 is 27.6 Å². The molecule has 1 aromatic heterocycles. The van der Waals surface area contributed by atoms with E-state index in [-0.39, 0.29) is 34.0 Å². The van der Waals surface area contributed by atoms with Gasteiger partial charge in [-0.3, -0.25) is 39.7 Å². The van der Waals surface area contributed by atoms with Crippen molar-refractivity contribution >= 4 is 75.7 Å². The fourth-order valence-corrected chi connectivity index (χ4v) is 6.05. The van der Waals surface area contributed by atoms with E-state index in [1.54, 1.807) is 0 Å². The van der Waals surface area contributed by atoms with Gasteiger partial charge in [0.15, 0.2) is 28.6 Å². The molecule has 21 heteroatoms. The number of aromatic nitrogens is 1. The first-order valence-corrected chi connectivity index (χ1v) is 14.6. The number of hydrogen-bond donors (Lipinski definition) is 8. The van der Waals surface area contributed by atoms with Crippen LogP contribution in [0.3, 0.4) is 0 Å². The van der Waals surface area contributed by atoms with E-state index in [0.29, 0.717) is 4.90 Å². The predicted molar refractivity (Wildman–Crippen MR) is 157 cm³/mol. The fourth-order valence-electron chi connectivity index (χ4n) is 4.07. The lowest BCUT2D eigenvalue weighted by molar-refractivity contribution is -0.160. The highest BCUT2D eigenvalue weighted by Crippen LogP contribution is 2.45. The molecule has 2 atom stereocenters. The number of nitrogens with one attached hydrogen (secondary N) is 3. The van der Waals surface area contributed by atoms with E-state index in [1.807, 2.05) is 0 Å². The maximum Gasteiger partial charge on any atom is 0.353 e. The number of aliphatic carboxylic acids is 1. The van der Waals surface area contributed by atoms with Crippen molar-refractivity contribution in [3.05, 3.63) is 46.1 Å². The van der Waals surface area contributed by atoms with Crippen molar-refractivity contribution in [1.29, 1.82) is 0 Å². The van der Waals surface area contributed by atoms with Crippen LogP contribution in [0.5, 0.6) is 11.5 Å². The van der Waals surface area contributed by atoms with Gasteiger partial charge in [0, 0.05) is 16.7 Å². The summed E-state index contributed by atoms with van der Waals surface area (Å²) in [5, 5.41) is 34.6. The monoisotopic (exact) mass is 676 g/mol. The van der Waals surface area contributed by atoms with Crippen LogP contribution in [0.2, 0.25) is 0 Å². The number of aromatic hydroxyl groups is 2. The van der Waals surface area contributed by atoms with Gasteiger partial charge in [-0.2, -0.15) is 0 Å². The second-order valence-electron chi connectivity index (χ2n) is 10.0. The van der Waals surface area contributed by atoms with Crippen molar-refractivity contribution < 1.29 is 53.7 Å². The molecule has 0 spiro atoms. The first-order chi connectivity index (χ1) is 21.5. The van der Waals surface area contributed by atoms with Crippen LogP contribution in [-0.2, 0) is 33.6 Å². The number of benzene rings is 1. The molecule has 1 aromatic carbocycles. The number of carboxylic acids is 1. The lowest BCUT2D eigenvalue weighted by Gasteiger charge is -2.54. The Bertz CT molecular complexity index is 1750. The Balaban J connectivity index is 1.54. The molecule has 2 aliphatic rings. The second-order valence-corrected chi connectivity index (χ2v) is 12.0. The Morgan fingerprint density at radius 2 is 1.89 bits per heavy atom. The third kappa shape index (κ3) is 5.99. The molecule has 0 bridgehead atoms. The fraction of sp³-hybridized carbons (Fsp3) is 0.240. The number of aldehydes is 1. The van der Waals surface area contributed by atoms with Gasteiger partial charge in [-0.15, -0.1) is 23.1 Å². The van der Waals surface area contributed by atoms with Crippen molar-refractivity contribution in [1.82, 2.24) is 26.1 Å². The molecule has 0 radical (unpaired) electrons. The number of fused-ring (bicyclic) bond motifs is 1. The number of amides is 5. The average Bonchev–Trinajstić information content (AvgIpc) is 3.43. The lowest BCUT2D eigenvalue weighted by Crippen LogP contribution is -2.81. The number of rotatable bonds is 10. The minimum absolute atomic E-state index is 0.00969. The first-order valence-electron chi connectivity index (χ1n) is 12.6. The van der Waals surface area contributed by atoms with Gasteiger partial charge < -0.3 is 41.7 Å². The molecule has 2 aromatic rings. The molecule has 0 saturated carbocycles. The highest BCUT2D eigenvalue weighted by molar-refractivity contribution is 8.00. The summed E-state index contributed by atoms with van der Waals surface area (Å²) < 4.78 is 0. The highest BCUT2D eigenvalue weighted by atomic mass is 32.2. The Morgan fingerprint density at radius 1 is 1.20 bits per heavy atom. The van der Waals surface area contributed by atoms with E-state index < -0.39 is 74.9 Å². The Morgan fingerprint density at radius 3 is 2.46 bits per heavy atom. The minimum atomic E-state index is -2.30. The van der Waals surface area contributed by atoms with E-state index in [2.05, 4.69) is 26.3 Å². The number of phenols is 2. The highest BCUT2D eigenvalue weighted by Gasteiger charge is 2.66. The molecule has 5 amide bonds. The van der Waals surface area contributed by atoms with Crippen LogP contribution in [0.1, 0.15) is 29.9 Å². The summed E-state index contributed by atoms with van der Waals surface area (Å²) in [4.78, 5) is 97.7. The number of carbonyl (C=O) groups excluding carboxylic acids is 6. The van der Waals surface area contributed by atoms with Crippen LogP contribution >= 0.6 is 23.1 Å². The summed E-state index contributed by atoms with van der Waals surface area (Å²) >= 11 is 1.70. The average molecular weight is 677 g/mol. The van der Waals surface area contributed by atoms with Crippen molar-refractivity contribution in [2.45, 2.75) is 30.4 Å². The number of β-lactam (4-membered cyclic amide) rings is 1. The largest absolute Gasteiger partial charge is 0.504 e. The molecule has 1 saturated heterocycles. The van der Waals surface area contributed by atoms with Gasteiger partial charge in [0.1, 0.15) is 16.8 Å². The number of primary amides is 1. The smallest absolute Gasteiger partial charge is 0.353 e. The third-order valence-corrected chi connectivity index (χ3v) is 8.56. The van der Waals surface area contributed by atoms with E-state index in [1.165, 1.54) is 25.3 Å². The molecule has 46 heavy (non-hydrogen) atoms. The summed E-state index contributed by atoms with van der Waals surface area (Å²) in [5.41, 5.74) is 8.89. The van der Waals surface area contributed by atoms with Crippen molar-refractivity contribution in [2.24, 2.45) is 10.9 Å². The molecule has 19 nitrogen and oxygen atoms in total. The molecule has 1 unspecified atom stereocenters. The van der Waals surface area contributed by atoms with E-state index in [9.17, 15) is 48.9 Å². The quantitative estimate of drug-likeness (QED) is 0.0334. The Hall–Kier alpha value is -5.70. The number of nitrogens with zero attached hydrogens (tertiary/aromatic N) is 3. The number of nitrogen functional groups attached to an aromatic ring is 1. The number of thioether (sulfide) groups is 1. The molecule has 1 fully saturated rings. The third-order valence-electron chi connectivity index (χ3n) is 6.53. The summed E-state index contributed by atoms with van der Waals surface area (Å²) in [7, 11) is 0. The number of oxime groups is 1. The molecule has 0 aliphatic carbocycles. The number of carbonyl (C=O) groups is 7. The molecule has 2 aliphatic heterocycles. The van der Waals surface area contributed by atoms with Gasteiger partial charge >= 0.3 is 5.97 Å². The molecule has 4 rings (SSSR count). The summed E-state index contributed by atoms with van der Waals surface area (Å²) in [6.07, 6.45) is 0.109. The van der Waals surface area contributed by atoms with Gasteiger partial charge in [0.25, 0.3) is 23.6 Å². The SMILES string of the molecule is CC(C)(ON=C(C(=O)NC1(C=O)C(=O)N2C(C(=O)O)=C(C(N)=O)CS[C@H]21)c1csc(N)n1)C(=O)NNC(=O)c1ccc(O)c(O)c1. The second kappa shape index (κ2) is 12.4. The molecule has 242 valence electrons. The van der Waals surface area contributed by atoms with Gasteiger partial charge in [-0.05, 0) is 32.0 Å². The van der Waals surface area contributed by atoms with Crippen LogP contribution in [0.15, 0.2) is 40.0 Å². The van der Waals surface area contributed by atoms with E-state index in [0.717, 1.165) is 35.2 Å². The zero-order valence-corrected chi connectivity index (χ0v) is 25.2. The van der Waals surface area contributed by atoms with E-state index in [4.69, 9.17) is 16.3 Å². The van der Waals surface area contributed by atoms with Gasteiger partial charge in [0.2, 0.25) is 17.0 Å². The van der Waals surface area contributed by atoms with Crippen molar-refractivity contribution in [3.8, 4) is 11.5 Å². The first kappa shape index (κ1) is 33.2. The van der Waals surface area contributed by atoms with Crippen molar-refractivity contribution in [3.63, 3.8) is 0 Å². The predicted octanol–water partition coefficient (Wildman–Crippen LogP) is -2.11. The van der Waals surface area contributed by atoms with Gasteiger partial charge in [-0.1, -0.05) is 5.16 Å². The number of thiazole rings is 1. The van der Waals surface area contributed by atoms with Crippen LogP contribution in [0.25, 0.3) is 0 Å². The number of nitrogens with two attached hydrogens (primary N) is 2. The normalized spacial score (nSPS) is 19.3. The standard InChI is InChI=1S/C25H24N8O11S2/c1-24(2,20(42)31-30-17(38)9-3-4-12(35)13(36)5-9)44-32-14(11-7-46-23(27)28-11)18(39)29-25(8-34)21(43)33-15(19(40)41)10(16(26)37)6-45-22(25)33/h3-5,7-8,22,35-36H,6H2,1-2H3,(H2,26,37)(H2,27,28)(H,29,39)(H,30,38)(H,31,42)(H,40,41)/t22-,25?/m0/s1. The number of hydrazine groups is 1. The van der Waals surface area contributed by atoms with Crippen molar-refractivity contribution in [2.75, 3.05) is 11.5 Å². The summed E-state index contributed by atoms with van der Waals surface area (Å²) in [6, 6.07) is 3.18. The topological polar surface area (TPSA) is 306 Å². The molecule has 3 heterocycles. The van der Waals surface area contributed by atoms with Crippen LogP contribution in [-0.4, -0.2) is 95.0 Å².